The Morgan fingerprint density at radius 2 is 2.20 bits per heavy atom. The molecule has 1 N–H and O–H groups in total. The number of nitrogens with one attached hydrogen (secondary N) is 1. The average molecular weight is 279 g/mol. The van der Waals surface area contributed by atoms with E-state index in [1.807, 2.05) is 0 Å². The van der Waals surface area contributed by atoms with Crippen molar-refractivity contribution in [1.82, 2.24) is 5.32 Å². The van der Waals surface area contributed by atoms with E-state index < -0.39 is 0 Å². The molecule has 1 aliphatic heterocycles. The maximum absolute atomic E-state index is 11.5. The highest BCUT2D eigenvalue weighted by Gasteiger charge is 2.16. The van der Waals surface area contributed by atoms with Crippen LogP contribution in [0.4, 0.5) is 0 Å². The first-order valence-corrected chi connectivity index (χ1v) is 6.84. The van der Waals surface area contributed by atoms with Crippen molar-refractivity contribution < 1.29 is 19.0 Å². The summed E-state index contributed by atoms with van der Waals surface area (Å²) in [6.45, 7) is 2.67. The van der Waals surface area contributed by atoms with Crippen LogP contribution in [0.3, 0.4) is 0 Å². The summed E-state index contributed by atoms with van der Waals surface area (Å²) in [5.41, 5.74) is 0.463. The van der Waals surface area contributed by atoms with Crippen LogP contribution in [0.5, 0.6) is 11.5 Å². The third kappa shape index (κ3) is 3.63. The fraction of sp³-hybridized carbons (Fsp3) is 0.533. The van der Waals surface area contributed by atoms with E-state index in [-0.39, 0.29) is 5.97 Å². The summed E-state index contributed by atoms with van der Waals surface area (Å²) in [5.74, 6) is 1.33. The molecule has 5 heteroatoms. The van der Waals surface area contributed by atoms with E-state index in [1.165, 1.54) is 13.5 Å². The molecule has 0 radical (unpaired) electrons. The molecule has 0 aliphatic carbocycles. The minimum Gasteiger partial charge on any atom is -0.493 e. The summed E-state index contributed by atoms with van der Waals surface area (Å²) < 4.78 is 15.8. The summed E-state index contributed by atoms with van der Waals surface area (Å²) >= 11 is 0. The maximum atomic E-state index is 11.5. The fourth-order valence-electron chi connectivity index (χ4n) is 2.31. The molecule has 0 aromatic heterocycles. The van der Waals surface area contributed by atoms with E-state index in [9.17, 15) is 4.79 Å². The first kappa shape index (κ1) is 14.7. The monoisotopic (exact) mass is 279 g/mol. The first-order chi connectivity index (χ1) is 9.74. The number of piperidine rings is 1. The van der Waals surface area contributed by atoms with Crippen LogP contribution in [0.25, 0.3) is 0 Å². The fourth-order valence-corrected chi connectivity index (χ4v) is 2.31. The molecule has 1 aliphatic rings. The van der Waals surface area contributed by atoms with Gasteiger partial charge in [-0.2, -0.15) is 0 Å². The Morgan fingerprint density at radius 1 is 1.35 bits per heavy atom. The predicted molar refractivity (Wildman–Crippen MR) is 75.4 cm³/mol. The van der Waals surface area contributed by atoms with Gasteiger partial charge >= 0.3 is 5.97 Å². The van der Waals surface area contributed by atoms with Crippen LogP contribution >= 0.6 is 0 Å². The Labute approximate surface area is 119 Å². The third-order valence-corrected chi connectivity index (χ3v) is 3.46. The highest BCUT2D eigenvalue weighted by Crippen LogP contribution is 2.29. The minimum atomic E-state index is -0.378. The second-order valence-corrected chi connectivity index (χ2v) is 4.88. The molecule has 1 fully saturated rings. The molecule has 110 valence electrons. The molecule has 1 aromatic carbocycles. The molecular weight excluding hydrogens is 258 g/mol. The molecule has 1 aromatic rings. The zero-order valence-corrected chi connectivity index (χ0v) is 12.0. The number of carbonyl (C=O) groups excluding carboxylic acids is 1. The van der Waals surface area contributed by atoms with Crippen LogP contribution in [0.2, 0.25) is 0 Å². The van der Waals surface area contributed by atoms with E-state index in [2.05, 4.69) is 5.32 Å². The smallest absolute Gasteiger partial charge is 0.337 e. The standard InChI is InChI=1S/C15H21NO4/c1-18-13-6-5-12(15(17)19-2)8-14(13)20-10-11-4-3-7-16-9-11/h5-6,8,11,16H,3-4,7,9-10H2,1-2H3. The van der Waals surface area contributed by atoms with Gasteiger partial charge in [0.15, 0.2) is 11.5 Å². The van der Waals surface area contributed by atoms with E-state index in [4.69, 9.17) is 14.2 Å². The van der Waals surface area contributed by atoms with Gasteiger partial charge in [-0.3, -0.25) is 0 Å². The summed E-state index contributed by atoms with van der Waals surface area (Å²) in [7, 11) is 2.95. The highest BCUT2D eigenvalue weighted by atomic mass is 16.5. The van der Waals surface area contributed by atoms with Crippen molar-refractivity contribution in [2.24, 2.45) is 5.92 Å². The van der Waals surface area contributed by atoms with Crippen LogP contribution in [0.1, 0.15) is 23.2 Å². The van der Waals surface area contributed by atoms with Gasteiger partial charge in [-0.15, -0.1) is 0 Å². The van der Waals surface area contributed by atoms with Gasteiger partial charge < -0.3 is 19.5 Å². The Hall–Kier alpha value is -1.75. The van der Waals surface area contributed by atoms with E-state index in [0.29, 0.717) is 29.6 Å². The second kappa shape index (κ2) is 7.14. The van der Waals surface area contributed by atoms with Crippen LogP contribution in [-0.2, 0) is 4.74 Å². The Balaban J connectivity index is 2.05. The lowest BCUT2D eigenvalue weighted by Crippen LogP contribution is -2.33. The normalized spacial score (nSPS) is 18.4. The maximum Gasteiger partial charge on any atom is 0.337 e. The summed E-state index contributed by atoms with van der Waals surface area (Å²) in [6.07, 6.45) is 2.33. The molecule has 0 spiro atoms. The van der Waals surface area contributed by atoms with E-state index in [1.54, 1.807) is 25.3 Å². The lowest BCUT2D eigenvalue weighted by Gasteiger charge is -2.23. The second-order valence-electron chi connectivity index (χ2n) is 4.88. The van der Waals surface area contributed by atoms with Gasteiger partial charge in [-0.1, -0.05) is 0 Å². The van der Waals surface area contributed by atoms with Crippen molar-refractivity contribution in [2.45, 2.75) is 12.8 Å². The van der Waals surface area contributed by atoms with E-state index >= 15 is 0 Å². The number of esters is 1. The molecule has 0 bridgehead atoms. The predicted octanol–water partition coefficient (Wildman–Crippen LogP) is 1.86. The largest absolute Gasteiger partial charge is 0.493 e. The van der Waals surface area contributed by atoms with Crippen molar-refractivity contribution in [2.75, 3.05) is 33.9 Å². The van der Waals surface area contributed by atoms with Crippen LogP contribution in [0.15, 0.2) is 18.2 Å². The van der Waals surface area contributed by atoms with Crippen LogP contribution in [0, 0.1) is 5.92 Å². The number of hydrogen-bond donors (Lipinski definition) is 1. The van der Waals surface area contributed by atoms with Gasteiger partial charge in [-0.25, -0.2) is 4.79 Å². The summed E-state index contributed by atoms with van der Waals surface area (Å²) in [6, 6.07) is 5.06. The lowest BCUT2D eigenvalue weighted by molar-refractivity contribution is 0.0600. The Bertz CT molecular complexity index is 455. The van der Waals surface area contributed by atoms with Gasteiger partial charge in [-0.05, 0) is 37.6 Å². The van der Waals surface area contributed by atoms with Crippen LogP contribution in [-0.4, -0.2) is 39.9 Å². The Morgan fingerprint density at radius 3 is 2.85 bits per heavy atom. The molecule has 2 rings (SSSR count). The zero-order chi connectivity index (χ0) is 14.4. The number of hydrogen-bond acceptors (Lipinski definition) is 5. The molecule has 1 atom stereocenters. The molecule has 1 saturated heterocycles. The van der Waals surface area contributed by atoms with Gasteiger partial charge in [0.2, 0.25) is 0 Å². The van der Waals surface area contributed by atoms with Gasteiger partial charge in [0.1, 0.15) is 0 Å². The van der Waals surface area contributed by atoms with Gasteiger partial charge in [0.05, 0.1) is 26.4 Å². The number of rotatable bonds is 5. The molecule has 1 unspecified atom stereocenters. The van der Waals surface area contributed by atoms with Crippen molar-refractivity contribution >= 4 is 5.97 Å². The zero-order valence-electron chi connectivity index (χ0n) is 12.0. The summed E-state index contributed by atoms with van der Waals surface area (Å²) in [5, 5.41) is 3.35. The topological polar surface area (TPSA) is 56.8 Å². The highest BCUT2D eigenvalue weighted by molar-refractivity contribution is 5.90. The number of carbonyl (C=O) groups is 1. The average Bonchev–Trinajstić information content (AvgIpc) is 2.52. The van der Waals surface area contributed by atoms with Gasteiger partial charge in [0.25, 0.3) is 0 Å². The third-order valence-electron chi connectivity index (χ3n) is 3.46. The number of benzene rings is 1. The number of methoxy groups -OCH3 is 2. The minimum absolute atomic E-state index is 0.378. The molecular formula is C15H21NO4. The summed E-state index contributed by atoms with van der Waals surface area (Å²) in [4.78, 5) is 11.5. The van der Waals surface area contributed by atoms with Crippen molar-refractivity contribution in [1.29, 1.82) is 0 Å². The first-order valence-electron chi connectivity index (χ1n) is 6.84. The molecule has 1 heterocycles. The van der Waals surface area contributed by atoms with Gasteiger partial charge in [0, 0.05) is 12.5 Å². The van der Waals surface area contributed by atoms with Crippen molar-refractivity contribution in [3.63, 3.8) is 0 Å². The molecule has 5 nitrogen and oxygen atoms in total. The number of ether oxygens (including phenoxy) is 3. The molecule has 0 amide bonds. The molecule has 20 heavy (non-hydrogen) atoms. The van der Waals surface area contributed by atoms with E-state index in [0.717, 1.165) is 19.5 Å². The van der Waals surface area contributed by atoms with Crippen molar-refractivity contribution in [3.8, 4) is 11.5 Å². The SMILES string of the molecule is COC(=O)c1ccc(OC)c(OCC2CCCNC2)c1. The lowest BCUT2D eigenvalue weighted by atomic mass is 10.0. The van der Waals surface area contributed by atoms with Crippen LogP contribution < -0.4 is 14.8 Å². The quantitative estimate of drug-likeness (QED) is 0.834. The molecule has 0 saturated carbocycles. The Kier molecular flexibility index (Phi) is 5.24. The van der Waals surface area contributed by atoms with Crippen molar-refractivity contribution in [3.05, 3.63) is 23.8 Å².